The van der Waals surface area contributed by atoms with Crippen molar-refractivity contribution >= 4 is 17.5 Å². The average molecular weight is 440 g/mol. The Bertz CT molecular complexity index is 954. The van der Waals surface area contributed by atoms with Crippen molar-refractivity contribution in [2.75, 3.05) is 18.6 Å². The van der Waals surface area contributed by atoms with Crippen molar-refractivity contribution in [2.45, 2.75) is 69.4 Å². The van der Waals surface area contributed by atoms with Gasteiger partial charge >= 0.3 is 0 Å². The molecular formula is C25H33N3O4. The van der Waals surface area contributed by atoms with Crippen LogP contribution >= 0.6 is 0 Å². The molecule has 0 saturated carbocycles. The Hall–Kier alpha value is -2.38. The van der Waals surface area contributed by atoms with Gasteiger partial charge in [-0.3, -0.25) is 9.59 Å². The number of nitrogens with one attached hydrogen (secondary N) is 2. The molecule has 1 aromatic rings. The first-order valence-corrected chi connectivity index (χ1v) is 11.4. The number of fused-ring (bicyclic) bond motifs is 1. The second-order valence-electron chi connectivity index (χ2n) is 11.0. The van der Waals surface area contributed by atoms with Gasteiger partial charge in [-0.25, -0.2) is 0 Å². The molecule has 2 amide bonds. The first-order valence-electron chi connectivity index (χ1n) is 11.4. The summed E-state index contributed by atoms with van der Waals surface area (Å²) in [6, 6.07) is 7.49. The van der Waals surface area contributed by atoms with E-state index in [4.69, 9.17) is 9.47 Å². The van der Waals surface area contributed by atoms with E-state index in [-0.39, 0.29) is 35.0 Å². The molecule has 7 nitrogen and oxygen atoms in total. The number of methoxy groups -OCH3 is 1. The minimum absolute atomic E-state index is 0.0480. The predicted octanol–water partition coefficient (Wildman–Crippen LogP) is 2.41. The van der Waals surface area contributed by atoms with E-state index >= 15 is 0 Å². The second-order valence-corrected chi connectivity index (χ2v) is 11.0. The number of hydrogen-bond acceptors (Lipinski definition) is 5. The van der Waals surface area contributed by atoms with E-state index in [1.54, 1.807) is 12.0 Å². The van der Waals surface area contributed by atoms with E-state index in [1.807, 2.05) is 36.4 Å². The number of nitrogens with zero attached hydrogens (tertiary/aromatic N) is 1. The van der Waals surface area contributed by atoms with E-state index in [0.717, 1.165) is 24.3 Å². The topological polar surface area (TPSA) is 79.9 Å². The van der Waals surface area contributed by atoms with Gasteiger partial charge < -0.3 is 25.0 Å². The fourth-order valence-electron chi connectivity index (χ4n) is 6.50. The fourth-order valence-corrected chi connectivity index (χ4v) is 6.50. The summed E-state index contributed by atoms with van der Waals surface area (Å²) in [6.07, 6.45) is 5.30. The van der Waals surface area contributed by atoms with Crippen LogP contribution in [0.2, 0.25) is 0 Å². The Morgan fingerprint density at radius 2 is 1.81 bits per heavy atom. The lowest BCUT2D eigenvalue weighted by molar-refractivity contribution is -0.132. The zero-order valence-electron chi connectivity index (χ0n) is 19.5. The lowest BCUT2D eigenvalue weighted by Gasteiger charge is -2.47. The van der Waals surface area contributed by atoms with Crippen LogP contribution in [0.5, 0.6) is 5.75 Å². The third kappa shape index (κ3) is 3.42. The van der Waals surface area contributed by atoms with Crippen molar-refractivity contribution in [2.24, 2.45) is 11.8 Å². The fraction of sp³-hybridized carbons (Fsp3) is 0.600. The molecule has 4 heterocycles. The average Bonchev–Trinajstić information content (AvgIpc) is 3.34. The van der Waals surface area contributed by atoms with Crippen LogP contribution in [0.4, 0.5) is 5.69 Å². The molecule has 7 heteroatoms. The SMILES string of the molecule is COc1ccc(N2C[C@@]34C=C[C@@H](O3)[C@H](C(=O)NC3CC(C)(C)NC(C)(C)C3)[C@@H]4C2=O)cc1. The highest BCUT2D eigenvalue weighted by molar-refractivity contribution is 6.03. The summed E-state index contributed by atoms with van der Waals surface area (Å²) in [7, 11) is 1.62. The number of benzene rings is 1. The number of anilines is 1. The van der Waals surface area contributed by atoms with E-state index in [9.17, 15) is 9.59 Å². The Labute approximate surface area is 189 Å². The molecule has 4 aliphatic heterocycles. The summed E-state index contributed by atoms with van der Waals surface area (Å²) >= 11 is 0. The third-order valence-corrected chi connectivity index (χ3v) is 7.32. The molecule has 3 fully saturated rings. The van der Waals surface area contributed by atoms with Gasteiger partial charge in [0.05, 0.1) is 31.6 Å². The molecule has 0 aliphatic carbocycles. The lowest BCUT2D eigenvalue weighted by Crippen LogP contribution is -2.62. The van der Waals surface area contributed by atoms with Gasteiger partial charge in [-0.15, -0.1) is 0 Å². The van der Waals surface area contributed by atoms with Gasteiger partial charge in [0.2, 0.25) is 11.8 Å². The first kappa shape index (κ1) is 21.5. The zero-order valence-corrected chi connectivity index (χ0v) is 19.5. The van der Waals surface area contributed by atoms with E-state index in [1.165, 1.54) is 0 Å². The molecule has 1 spiro atoms. The smallest absolute Gasteiger partial charge is 0.234 e. The molecule has 3 saturated heterocycles. The Morgan fingerprint density at radius 1 is 1.16 bits per heavy atom. The third-order valence-electron chi connectivity index (χ3n) is 7.32. The summed E-state index contributed by atoms with van der Waals surface area (Å²) in [4.78, 5) is 28.8. The predicted molar refractivity (Wildman–Crippen MR) is 122 cm³/mol. The van der Waals surface area contributed by atoms with Crippen LogP contribution in [0.25, 0.3) is 0 Å². The minimum Gasteiger partial charge on any atom is -0.497 e. The first-order chi connectivity index (χ1) is 15.0. The molecule has 2 bridgehead atoms. The highest BCUT2D eigenvalue weighted by Gasteiger charge is 2.67. The number of piperidine rings is 1. The maximum Gasteiger partial charge on any atom is 0.234 e. The summed E-state index contributed by atoms with van der Waals surface area (Å²) in [6.45, 7) is 9.09. The second kappa shape index (κ2) is 7.06. The molecule has 2 N–H and O–H groups in total. The molecule has 0 unspecified atom stereocenters. The lowest BCUT2D eigenvalue weighted by atomic mass is 9.75. The van der Waals surface area contributed by atoms with Crippen LogP contribution < -0.4 is 20.3 Å². The molecule has 172 valence electrons. The van der Waals surface area contributed by atoms with Gasteiger partial charge in [-0.2, -0.15) is 0 Å². The molecule has 5 rings (SSSR count). The maximum atomic E-state index is 13.5. The number of ether oxygens (including phenoxy) is 2. The molecule has 32 heavy (non-hydrogen) atoms. The van der Waals surface area contributed by atoms with E-state index in [2.05, 4.69) is 38.3 Å². The molecule has 1 aromatic carbocycles. The maximum absolute atomic E-state index is 13.5. The number of carbonyl (C=O) groups excluding carboxylic acids is 2. The summed E-state index contributed by atoms with van der Waals surface area (Å²) < 4.78 is 11.5. The van der Waals surface area contributed by atoms with Gasteiger partial charge in [0, 0.05) is 22.8 Å². The minimum atomic E-state index is -0.726. The van der Waals surface area contributed by atoms with Gasteiger partial charge in [0.25, 0.3) is 0 Å². The van der Waals surface area contributed by atoms with Gasteiger partial charge in [0.15, 0.2) is 0 Å². The molecule has 0 radical (unpaired) electrons. The Morgan fingerprint density at radius 3 is 2.44 bits per heavy atom. The number of rotatable bonds is 4. The normalized spacial score (nSPS) is 34.6. The van der Waals surface area contributed by atoms with E-state index in [0.29, 0.717) is 6.54 Å². The van der Waals surface area contributed by atoms with Crippen LogP contribution in [-0.2, 0) is 14.3 Å². The number of amides is 2. The van der Waals surface area contributed by atoms with E-state index < -0.39 is 17.4 Å². The van der Waals surface area contributed by atoms with Gasteiger partial charge in [-0.1, -0.05) is 12.2 Å². The van der Waals surface area contributed by atoms with Crippen LogP contribution in [0.3, 0.4) is 0 Å². The van der Waals surface area contributed by atoms with Crippen molar-refractivity contribution in [3.63, 3.8) is 0 Å². The largest absolute Gasteiger partial charge is 0.497 e. The summed E-state index contributed by atoms with van der Waals surface area (Å²) in [5.74, 6) is -0.386. The van der Waals surface area contributed by atoms with Crippen LogP contribution in [-0.4, -0.2) is 54.3 Å². The summed E-state index contributed by atoms with van der Waals surface area (Å²) in [5.41, 5.74) is -0.0714. The highest BCUT2D eigenvalue weighted by Crippen LogP contribution is 2.52. The van der Waals surface area contributed by atoms with Crippen molar-refractivity contribution < 1.29 is 19.1 Å². The summed E-state index contributed by atoms with van der Waals surface area (Å²) in [5, 5.41) is 6.93. The Balaban J connectivity index is 1.36. The standard InChI is InChI=1S/C25H33N3O4/c1-23(2)12-15(13-24(3,4)27-23)26-21(29)19-18-10-11-25(32-18)14-28(22(30)20(19)25)16-6-8-17(31-5)9-7-16/h6-11,15,18-20,27H,12-14H2,1-5H3,(H,26,29)/t18-,19+,20-,25-/m1/s1. The van der Waals surface area contributed by atoms with Gasteiger partial charge in [0.1, 0.15) is 11.4 Å². The monoisotopic (exact) mass is 439 g/mol. The van der Waals surface area contributed by atoms with Crippen molar-refractivity contribution in [3.8, 4) is 5.75 Å². The molecule has 4 atom stereocenters. The van der Waals surface area contributed by atoms with Crippen molar-refractivity contribution in [3.05, 3.63) is 36.4 Å². The molecule has 4 aliphatic rings. The zero-order chi connectivity index (χ0) is 22.9. The Kier molecular flexibility index (Phi) is 4.73. The highest BCUT2D eigenvalue weighted by atomic mass is 16.5. The number of hydrogen-bond donors (Lipinski definition) is 2. The van der Waals surface area contributed by atoms with Crippen LogP contribution in [0.15, 0.2) is 36.4 Å². The van der Waals surface area contributed by atoms with Crippen LogP contribution in [0, 0.1) is 11.8 Å². The molecular weight excluding hydrogens is 406 g/mol. The van der Waals surface area contributed by atoms with Crippen molar-refractivity contribution in [1.29, 1.82) is 0 Å². The number of carbonyl (C=O) groups is 2. The van der Waals surface area contributed by atoms with Gasteiger partial charge in [-0.05, 0) is 64.8 Å². The molecule has 0 aromatic heterocycles. The quantitative estimate of drug-likeness (QED) is 0.705. The van der Waals surface area contributed by atoms with Crippen LogP contribution in [0.1, 0.15) is 40.5 Å². The van der Waals surface area contributed by atoms with Crippen molar-refractivity contribution in [1.82, 2.24) is 10.6 Å².